The molecule has 0 amide bonds. The second-order valence-corrected chi connectivity index (χ2v) is 5.35. The van der Waals surface area contributed by atoms with E-state index in [2.05, 4.69) is 12.2 Å². The monoisotopic (exact) mass is 269 g/mol. The Hall–Kier alpha value is -1.33. The number of hydrogen-bond donors (Lipinski definition) is 2. The van der Waals surface area contributed by atoms with E-state index in [1.807, 2.05) is 0 Å². The average molecular weight is 270 g/mol. The number of nitrogens with one attached hydrogen (secondary N) is 1. The molecule has 98 valence electrons. The van der Waals surface area contributed by atoms with Crippen LogP contribution in [0.15, 0.2) is 18.2 Å². The Balaban J connectivity index is 2.21. The Morgan fingerprint density at radius 3 is 2.72 bits per heavy atom. The minimum atomic E-state index is -0.460. The maximum atomic E-state index is 10.6. The second-order valence-electron chi connectivity index (χ2n) is 4.94. The van der Waals surface area contributed by atoms with Gasteiger partial charge in [0.25, 0.3) is 5.69 Å². The van der Waals surface area contributed by atoms with Gasteiger partial charge in [0, 0.05) is 24.2 Å². The number of nitrogens with zero attached hydrogens (tertiary/aromatic N) is 1. The van der Waals surface area contributed by atoms with E-state index in [4.69, 9.17) is 17.3 Å². The Labute approximate surface area is 110 Å². The van der Waals surface area contributed by atoms with Crippen molar-refractivity contribution in [2.45, 2.75) is 25.3 Å². The van der Waals surface area contributed by atoms with Gasteiger partial charge in [-0.3, -0.25) is 10.1 Å². The van der Waals surface area contributed by atoms with Crippen LogP contribution in [0, 0.1) is 16.0 Å². The molecule has 1 unspecified atom stereocenters. The maximum Gasteiger partial charge on any atom is 0.271 e. The van der Waals surface area contributed by atoms with Crippen molar-refractivity contribution in [3.8, 4) is 0 Å². The summed E-state index contributed by atoms with van der Waals surface area (Å²) in [5.74, 6) is 0.550. The summed E-state index contributed by atoms with van der Waals surface area (Å²) in [6.07, 6.45) is 2.32. The van der Waals surface area contributed by atoms with Gasteiger partial charge < -0.3 is 11.1 Å². The van der Waals surface area contributed by atoms with Gasteiger partial charge in [0.15, 0.2) is 0 Å². The largest absolute Gasteiger partial charge is 0.377 e. The maximum absolute atomic E-state index is 10.6. The van der Waals surface area contributed by atoms with Crippen molar-refractivity contribution in [2.24, 2.45) is 11.7 Å². The van der Waals surface area contributed by atoms with Gasteiger partial charge in [-0.15, -0.1) is 0 Å². The van der Waals surface area contributed by atoms with Crippen molar-refractivity contribution in [1.82, 2.24) is 0 Å². The lowest BCUT2D eigenvalue weighted by atomic mass is 9.95. The Kier molecular flexibility index (Phi) is 3.45. The number of non-ortho nitro benzene ring substituents is 1. The average Bonchev–Trinajstić information content (AvgIpc) is 3.15. The summed E-state index contributed by atoms with van der Waals surface area (Å²) in [6.45, 7) is 2.56. The molecular weight excluding hydrogens is 254 g/mol. The molecule has 0 bridgehead atoms. The Morgan fingerprint density at radius 2 is 2.28 bits per heavy atom. The normalized spacial score (nSPS) is 18.2. The number of benzene rings is 1. The third-order valence-electron chi connectivity index (χ3n) is 3.49. The highest BCUT2D eigenvalue weighted by Gasteiger charge is 2.40. The van der Waals surface area contributed by atoms with Crippen LogP contribution in [-0.2, 0) is 0 Å². The molecule has 1 aliphatic rings. The molecule has 1 fully saturated rings. The molecule has 6 heteroatoms. The van der Waals surface area contributed by atoms with Crippen LogP contribution in [0.4, 0.5) is 11.4 Å². The zero-order valence-electron chi connectivity index (χ0n) is 10.1. The highest BCUT2D eigenvalue weighted by atomic mass is 35.5. The van der Waals surface area contributed by atoms with E-state index in [1.165, 1.54) is 12.1 Å². The number of rotatable bonds is 5. The molecule has 0 heterocycles. The summed E-state index contributed by atoms with van der Waals surface area (Å²) in [7, 11) is 0. The van der Waals surface area contributed by atoms with Crippen LogP contribution < -0.4 is 11.1 Å². The van der Waals surface area contributed by atoms with Crippen molar-refractivity contribution in [3.05, 3.63) is 33.3 Å². The van der Waals surface area contributed by atoms with Gasteiger partial charge in [0.2, 0.25) is 0 Å². The highest BCUT2D eigenvalue weighted by molar-refractivity contribution is 6.33. The molecule has 0 aliphatic heterocycles. The van der Waals surface area contributed by atoms with E-state index in [1.54, 1.807) is 6.07 Å². The summed E-state index contributed by atoms with van der Waals surface area (Å²) in [5, 5.41) is 14.3. The molecule has 1 aliphatic carbocycles. The minimum absolute atomic E-state index is 0.00794. The molecule has 5 nitrogen and oxygen atoms in total. The first-order valence-corrected chi connectivity index (χ1v) is 6.26. The van der Waals surface area contributed by atoms with Gasteiger partial charge in [-0.05, 0) is 31.7 Å². The first kappa shape index (κ1) is 13.1. The SMILES string of the molecule is CC(CN)(Nc1ccc([N+](=O)[O-])cc1Cl)C1CC1. The summed E-state index contributed by atoms with van der Waals surface area (Å²) < 4.78 is 0. The standard InChI is InChI=1S/C12H16ClN3O2/c1-12(7-14,8-2-3-8)15-11-5-4-9(16(17)18)6-10(11)13/h4-6,8,15H,2-3,7,14H2,1H3. The van der Waals surface area contributed by atoms with Gasteiger partial charge in [-0.25, -0.2) is 0 Å². The van der Waals surface area contributed by atoms with Crippen molar-refractivity contribution in [2.75, 3.05) is 11.9 Å². The topological polar surface area (TPSA) is 81.2 Å². The molecule has 18 heavy (non-hydrogen) atoms. The summed E-state index contributed by atoms with van der Waals surface area (Å²) in [4.78, 5) is 10.2. The van der Waals surface area contributed by atoms with Crippen LogP contribution in [0.5, 0.6) is 0 Å². The van der Waals surface area contributed by atoms with E-state index in [0.717, 1.165) is 12.8 Å². The molecule has 3 N–H and O–H groups in total. The molecular formula is C12H16ClN3O2. The smallest absolute Gasteiger partial charge is 0.271 e. The predicted molar refractivity (Wildman–Crippen MR) is 71.9 cm³/mol. The molecule has 1 saturated carbocycles. The van der Waals surface area contributed by atoms with Gasteiger partial charge >= 0.3 is 0 Å². The van der Waals surface area contributed by atoms with Crippen LogP contribution >= 0.6 is 11.6 Å². The number of nitro benzene ring substituents is 1. The number of nitrogens with two attached hydrogens (primary N) is 1. The Bertz CT molecular complexity index is 476. The quantitative estimate of drug-likeness (QED) is 0.636. The van der Waals surface area contributed by atoms with E-state index in [0.29, 0.717) is 23.2 Å². The van der Waals surface area contributed by atoms with Gasteiger partial charge in [-0.2, -0.15) is 0 Å². The summed E-state index contributed by atoms with van der Waals surface area (Å²) >= 11 is 6.05. The summed E-state index contributed by atoms with van der Waals surface area (Å²) in [5.41, 5.74) is 6.30. The lowest BCUT2D eigenvalue weighted by Crippen LogP contribution is -2.44. The van der Waals surface area contributed by atoms with Gasteiger partial charge in [0.1, 0.15) is 0 Å². The number of nitro groups is 1. The molecule has 1 aromatic carbocycles. The van der Waals surface area contributed by atoms with Gasteiger partial charge in [0.05, 0.1) is 15.6 Å². The number of hydrogen-bond acceptors (Lipinski definition) is 4. The van der Waals surface area contributed by atoms with Crippen LogP contribution in [0.2, 0.25) is 5.02 Å². The molecule has 1 aromatic rings. The molecule has 1 atom stereocenters. The van der Waals surface area contributed by atoms with Crippen LogP contribution in [0.25, 0.3) is 0 Å². The predicted octanol–water partition coefficient (Wildman–Crippen LogP) is 2.79. The van der Waals surface area contributed by atoms with E-state index < -0.39 is 4.92 Å². The molecule has 0 radical (unpaired) electrons. The lowest BCUT2D eigenvalue weighted by Gasteiger charge is -2.31. The van der Waals surface area contributed by atoms with Crippen LogP contribution in [0.3, 0.4) is 0 Å². The van der Waals surface area contributed by atoms with Crippen molar-refractivity contribution >= 4 is 23.0 Å². The fraction of sp³-hybridized carbons (Fsp3) is 0.500. The molecule has 2 rings (SSSR count). The molecule has 0 spiro atoms. The zero-order chi connectivity index (χ0) is 13.3. The van der Waals surface area contributed by atoms with Crippen molar-refractivity contribution < 1.29 is 4.92 Å². The first-order valence-electron chi connectivity index (χ1n) is 5.88. The van der Waals surface area contributed by atoms with Crippen molar-refractivity contribution in [1.29, 1.82) is 0 Å². The van der Waals surface area contributed by atoms with Crippen LogP contribution in [0.1, 0.15) is 19.8 Å². The van der Waals surface area contributed by atoms with E-state index >= 15 is 0 Å². The Morgan fingerprint density at radius 1 is 1.61 bits per heavy atom. The molecule has 0 saturated heterocycles. The van der Waals surface area contributed by atoms with Crippen molar-refractivity contribution in [3.63, 3.8) is 0 Å². The van der Waals surface area contributed by atoms with E-state index in [-0.39, 0.29) is 11.2 Å². The third-order valence-corrected chi connectivity index (χ3v) is 3.80. The van der Waals surface area contributed by atoms with E-state index in [9.17, 15) is 10.1 Å². The second kappa shape index (κ2) is 4.74. The first-order chi connectivity index (χ1) is 8.46. The fourth-order valence-electron chi connectivity index (χ4n) is 2.07. The molecule has 0 aromatic heterocycles. The van der Waals surface area contributed by atoms with Gasteiger partial charge in [-0.1, -0.05) is 11.6 Å². The highest BCUT2D eigenvalue weighted by Crippen LogP contribution is 2.42. The third kappa shape index (κ3) is 2.57. The minimum Gasteiger partial charge on any atom is -0.377 e. The number of anilines is 1. The zero-order valence-corrected chi connectivity index (χ0v) is 10.9. The van der Waals surface area contributed by atoms with Crippen LogP contribution in [-0.4, -0.2) is 17.0 Å². The number of halogens is 1. The fourth-order valence-corrected chi connectivity index (χ4v) is 2.29. The lowest BCUT2D eigenvalue weighted by molar-refractivity contribution is -0.384. The summed E-state index contributed by atoms with van der Waals surface area (Å²) in [6, 6.07) is 4.43.